The largest absolute Gasteiger partial charge is 0.306 e. The molecule has 5 heteroatoms. The first-order valence-electron chi connectivity index (χ1n) is 5.27. The number of benzene rings is 1. The van der Waals surface area contributed by atoms with E-state index in [1.165, 1.54) is 6.07 Å². The number of aryl methyl sites for hydroxylation is 1. The second-order valence-corrected chi connectivity index (χ2v) is 4.12. The normalized spacial score (nSPS) is 10.2. The average molecular weight is 265 g/mol. The van der Waals surface area contributed by atoms with Crippen molar-refractivity contribution in [1.82, 2.24) is 4.98 Å². The van der Waals surface area contributed by atoms with Crippen LogP contribution in [0.4, 0.5) is 10.2 Å². The molecule has 0 bridgehead atoms. The van der Waals surface area contributed by atoms with Crippen molar-refractivity contribution in [2.75, 3.05) is 5.32 Å². The molecule has 0 unspecified atom stereocenters. The Labute approximate surface area is 109 Å². The Morgan fingerprint density at radius 3 is 2.72 bits per heavy atom. The van der Waals surface area contributed by atoms with E-state index in [-0.39, 0.29) is 16.5 Å². The van der Waals surface area contributed by atoms with E-state index in [1.807, 2.05) is 0 Å². The lowest BCUT2D eigenvalue weighted by molar-refractivity contribution is 0.102. The maximum Gasteiger partial charge on any atom is 0.259 e. The molecule has 0 aliphatic rings. The Bertz CT molecular complexity index is 601. The lowest BCUT2D eigenvalue weighted by Gasteiger charge is -2.06. The molecular weight excluding hydrogens is 255 g/mol. The van der Waals surface area contributed by atoms with Gasteiger partial charge >= 0.3 is 0 Å². The van der Waals surface area contributed by atoms with E-state index in [1.54, 1.807) is 37.3 Å². The minimum Gasteiger partial charge on any atom is -0.306 e. The number of halogens is 2. The van der Waals surface area contributed by atoms with Crippen LogP contribution in [0.1, 0.15) is 15.9 Å². The third-order valence-corrected chi connectivity index (χ3v) is 2.60. The summed E-state index contributed by atoms with van der Waals surface area (Å²) in [6, 6.07) is 9.46. The van der Waals surface area contributed by atoms with E-state index in [4.69, 9.17) is 11.6 Å². The molecule has 18 heavy (non-hydrogen) atoms. The number of rotatable bonds is 2. The Morgan fingerprint density at radius 2 is 2.00 bits per heavy atom. The zero-order valence-corrected chi connectivity index (χ0v) is 10.3. The monoisotopic (exact) mass is 264 g/mol. The summed E-state index contributed by atoms with van der Waals surface area (Å²) in [5.41, 5.74) is 0.401. The van der Waals surface area contributed by atoms with Crippen molar-refractivity contribution in [2.45, 2.75) is 6.92 Å². The van der Waals surface area contributed by atoms with Gasteiger partial charge in [-0.2, -0.15) is 0 Å². The highest BCUT2D eigenvalue weighted by Crippen LogP contribution is 2.15. The van der Waals surface area contributed by atoms with Gasteiger partial charge in [-0.1, -0.05) is 29.8 Å². The summed E-state index contributed by atoms with van der Waals surface area (Å²) >= 11 is 5.69. The van der Waals surface area contributed by atoms with Gasteiger partial charge in [-0.3, -0.25) is 4.79 Å². The van der Waals surface area contributed by atoms with Crippen molar-refractivity contribution in [2.24, 2.45) is 0 Å². The van der Waals surface area contributed by atoms with Gasteiger partial charge in [-0.05, 0) is 30.7 Å². The Morgan fingerprint density at radius 1 is 1.28 bits per heavy atom. The smallest absolute Gasteiger partial charge is 0.259 e. The Hall–Kier alpha value is -1.94. The second kappa shape index (κ2) is 5.14. The summed E-state index contributed by atoms with van der Waals surface area (Å²) in [6.07, 6.45) is 0. The van der Waals surface area contributed by atoms with E-state index < -0.39 is 11.7 Å². The first-order valence-corrected chi connectivity index (χ1v) is 5.65. The summed E-state index contributed by atoms with van der Waals surface area (Å²) in [7, 11) is 0. The van der Waals surface area contributed by atoms with Gasteiger partial charge in [0.2, 0.25) is 0 Å². The molecule has 1 aromatic carbocycles. The molecule has 0 saturated heterocycles. The van der Waals surface area contributed by atoms with Crippen molar-refractivity contribution in [3.05, 3.63) is 58.5 Å². The molecule has 0 spiro atoms. The van der Waals surface area contributed by atoms with Crippen LogP contribution in [0, 0.1) is 12.7 Å². The summed E-state index contributed by atoms with van der Waals surface area (Å²) in [4.78, 5) is 15.8. The van der Waals surface area contributed by atoms with E-state index in [0.29, 0.717) is 5.56 Å². The summed E-state index contributed by atoms with van der Waals surface area (Å²) in [6.45, 7) is 1.60. The molecular formula is C13H10ClFN2O. The highest BCUT2D eigenvalue weighted by Gasteiger charge is 2.13. The number of hydrogen-bond donors (Lipinski definition) is 1. The quantitative estimate of drug-likeness (QED) is 0.845. The molecule has 2 aromatic rings. The van der Waals surface area contributed by atoms with Crippen LogP contribution in [0.25, 0.3) is 0 Å². The van der Waals surface area contributed by atoms with Gasteiger partial charge < -0.3 is 5.32 Å². The number of aromatic nitrogens is 1. The maximum atomic E-state index is 13.7. The zero-order valence-electron chi connectivity index (χ0n) is 9.58. The number of carbonyl (C=O) groups excluding carboxylic acids is 1. The molecule has 1 amide bonds. The molecule has 2 rings (SSSR count). The number of anilines is 1. The number of hydrogen-bond acceptors (Lipinski definition) is 2. The van der Waals surface area contributed by atoms with Crippen LogP contribution < -0.4 is 5.32 Å². The SMILES string of the molecule is Cc1cccc(C(=O)Nc2cccc(Cl)n2)c1F. The van der Waals surface area contributed by atoms with Crippen molar-refractivity contribution >= 4 is 23.3 Å². The summed E-state index contributed by atoms with van der Waals surface area (Å²) < 4.78 is 13.7. The fourth-order valence-corrected chi connectivity index (χ4v) is 1.65. The lowest BCUT2D eigenvalue weighted by atomic mass is 10.1. The van der Waals surface area contributed by atoms with Gasteiger partial charge in [0, 0.05) is 0 Å². The minimum absolute atomic E-state index is 0.0169. The third kappa shape index (κ3) is 2.65. The Kier molecular flexibility index (Phi) is 3.58. The van der Waals surface area contributed by atoms with Gasteiger partial charge in [-0.15, -0.1) is 0 Å². The number of nitrogens with one attached hydrogen (secondary N) is 1. The van der Waals surface area contributed by atoms with Crippen molar-refractivity contribution < 1.29 is 9.18 Å². The molecule has 0 fully saturated rings. The molecule has 92 valence electrons. The molecule has 0 radical (unpaired) electrons. The molecule has 0 saturated carbocycles. The van der Waals surface area contributed by atoms with Gasteiger partial charge in [0.05, 0.1) is 5.56 Å². The summed E-state index contributed by atoms with van der Waals surface area (Å²) in [5, 5.41) is 2.75. The van der Waals surface area contributed by atoms with Gasteiger partial charge in [0.15, 0.2) is 0 Å². The molecule has 0 aliphatic carbocycles. The van der Waals surface area contributed by atoms with E-state index in [2.05, 4.69) is 10.3 Å². The molecule has 3 nitrogen and oxygen atoms in total. The van der Waals surface area contributed by atoms with Crippen LogP contribution in [0.3, 0.4) is 0 Å². The summed E-state index contributed by atoms with van der Waals surface area (Å²) in [5.74, 6) is -0.795. The lowest BCUT2D eigenvalue weighted by Crippen LogP contribution is -2.15. The van der Waals surface area contributed by atoms with Crippen molar-refractivity contribution in [1.29, 1.82) is 0 Å². The molecule has 1 aromatic heterocycles. The number of amides is 1. The fourth-order valence-electron chi connectivity index (χ4n) is 1.48. The highest BCUT2D eigenvalue weighted by molar-refractivity contribution is 6.29. The van der Waals surface area contributed by atoms with Crippen molar-refractivity contribution in [3.63, 3.8) is 0 Å². The minimum atomic E-state index is -0.550. The number of pyridine rings is 1. The van der Waals surface area contributed by atoms with Gasteiger partial charge in [-0.25, -0.2) is 9.37 Å². The van der Waals surface area contributed by atoms with E-state index >= 15 is 0 Å². The van der Waals surface area contributed by atoms with Gasteiger partial charge in [0.25, 0.3) is 5.91 Å². The Balaban J connectivity index is 2.25. The predicted octanol–water partition coefficient (Wildman–Crippen LogP) is 3.43. The molecule has 1 heterocycles. The zero-order chi connectivity index (χ0) is 13.1. The highest BCUT2D eigenvalue weighted by atomic mass is 35.5. The predicted molar refractivity (Wildman–Crippen MR) is 68.3 cm³/mol. The van der Waals surface area contributed by atoms with Crippen LogP contribution in [-0.4, -0.2) is 10.9 Å². The number of nitrogens with zero attached hydrogens (tertiary/aromatic N) is 1. The van der Waals surface area contributed by atoms with Crippen LogP contribution in [0.2, 0.25) is 5.15 Å². The standard InChI is InChI=1S/C13H10ClFN2O/c1-8-4-2-5-9(12(8)15)13(18)17-11-7-3-6-10(14)16-11/h2-7H,1H3,(H,16,17,18). The molecule has 0 aliphatic heterocycles. The van der Waals surface area contributed by atoms with E-state index in [9.17, 15) is 9.18 Å². The van der Waals surface area contributed by atoms with Crippen LogP contribution in [-0.2, 0) is 0 Å². The molecule has 0 atom stereocenters. The second-order valence-electron chi connectivity index (χ2n) is 3.74. The average Bonchev–Trinajstić information content (AvgIpc) is 2.32. The number of carbonyl (C=O) groups is 1. The van der Waals surface area contributed by atoms with E-state index in [0.717, 1.165) is 0 Å². The fraction of sp³-hybridized carbons (Fsp3) is 0.0769. The van der Waals surface area contributed by atoms with Crippen LogP contribution in [0.5, 0.6) is 0 Å². The van der Waals surface area contributed by atoms with Gasteiger partial charge in [0.1, 0.15) is 16.8 Å². The van der Waals surface area contributed by atoms with Crippen LogP contribution in [0.15, 0.2) is 36.4 Å². The van der Waals surface area contributed by atoms with Crippen molar-refractivity contribution in [3.8, 4) is 0 Å². The first kappa shape index (κ1) is 12.5. The first-order chi connectivity index (χ1) is 8.58. The topological polar surface area (TPSA) is 42.0 Å². The third-order valence-electron chi connectivity index (χ3n) is 2.39. The molecule has 1 N–H and O–H groups in total. The maximum absolute atomic E-state index is 13.7. The van der Waals surface area contributed by atoms with Crippen LogP contribution >= 0.6 is 11.6 Å².